The molecule has 148 valence electrons. The number of sulfonamides is 1. The highest BCUT2D eigenvalue weighted by atomic mass is 79.9. The molecule has 0 amide bonds. The van der Waals surface area contributed by atoms with Crippen molar-refractivity contribution in [1.29, 1.82) is 0 Å². The Bertz CT molecular complexity index is 1110. The molecule has 0 bridgehead atoms. The molecule has 0 radical (unpaired) electrons. The normalized spacial score (nSPS) is 11.5. The van der Waals surface area contributed by atoms with E-state index in [2.05, 4.69) is 20.9 Å². The molecule has 5 nitrogen and oxygen atoms in total. The Kier molecular flexibility index (Phi) is 6.01. The molecule has 0 spiro atoms. The first-order chi connectivity index (χ1) is 13.2. The Balaban J connectivity index is 2.10. The largest absolute Gasteiger partial charge is 0.497 e. The molecule has 3 rings (SSSR count). The second-order valence-corrected chi connectivity index (χ2v) is 9.37. The third-order valence-electron chi connectivity index (χ3n) is 4.04. The number of hydrogen-bond acceptors (Lipinski definition) is 5. The van der Waals surface area contributed by atoms with Crippen LogP contribution in [0.15, 0.2) is 51.3 Å². The Morgan fingerprint density at radius 1 is 1.21 bits per heavy atom. The molecule has 0 aliphatic carbocycles. The van der Waals surface area contributed by atoms with Crippen molar-refractivity contribution in [2.24, 2.45) is 0 Å². The van der Waals surface area contributed by atoms with Gasteiger partial charge in [0.2, 0.25) is 0 Å². The molecule has 0 N–H and O–H groups in total. The van der Waals surface area contributed by atoms with Crippen LogP contribution in [-0.2, 0) is 16.6 Å². The van der Waals surface area contributed by atoms with Crippen molar-refractivity contribution in [2.45, 2.75) is 18.4 Å². The van der Waals surface area contributed by atoms with Crippen LogP contribution in [0, 0.1) is 18.6 Å². The standard InChI is InChI=1S/C18H15BrF2N2O3S2/c1-11-7-13(26-2)4-3-12(11)10-23(18-22-5-6-27-18)28(24,25)17-8-14(19)15(20)9-16(17)21/h3-9H,10H2,1-2H3. The lowest BCUT2D eigenvalue weighted by Gasteiger charge is -2.23. The molecule has 3 aromatic rings. The van der Waals surface area contributed by atoms with E-state index < -0.39 is 26.6 Å². The first-order valence-corrected chi connectivity index (χ1v) is 11.1. The Morgan fingerprint density at radius 3 is 2.57 bits per heavy atom. The zero-order chi connectivity index (χ0) is 20.5. The van der Waals surface area contributed by atoms with Gasteiger partial charge in [0.05, 0.1) is 18.1 Å². The summed E-state index contributed by atoms with van der Waals surface area (Å²) in [5, 5.41) is 1.80. The lowest BCUT2D eigenvalue weighted by atomic mass is 10.1. The molecule has 28 heavy (non-hydrogen) atoms. The van der Waals surface area contributed by atoms with Crippen LogP contribution in [0.3, 0.4) is 0 Å². The van der Waals surface area contributed by atoms with Crippen molar-refractivity contribution in [2.75, 3.05) is 11.4 Å². The fourth-order valence-electron chi connectivity index (χ4n) is 2.54. The third kappa shape index (κ3) is 4.03. The van der Waals surface area contributed by atoms with Crippen LogP contribution in [0.1, 0.15) is 11.1 Å². The zero-order valence-corrected chi connectivity index (χ0v) is 18.0. The number of nitrogens with zero attached hydrogens (tertiary/aromatic N) is 2. The molecule has 0 fully saturated rings. The fourth-order valence-corrected chi connectivity index (χ4v) is 5.38. The van der Waals surface area contributed by atoms with Crippen LogP contribution in [0.25, 0.3) is 0 Å². The lowest BCUT2D eigenvalue weighted by molar-refractivity contribution is 0.414. The van der Waals surface area contributed by atoms with E-state index in [9.17, 15) is 17.2 Å². The minimum Gasteiger partial charge on any atom is -0.497 e. The minimum atomic E-state index is -4.35. The molecule has 10 heteroatoms. The summed E-state index contributed by atoms with van der Waals surface area (Å²) in [4.78, 5) is 3.43. The lowest BCUT2D eigenvalue weighted by Crippen LogP contribution is -2.31. The quantitative estimate of drug-likeness (QED) is 0.463. The summed E-state index contributed by atoms with van der Waals surface area (Å²) in [5.41, 5.74) is 1.50. The molecule has 0 saturated carbocycles. The van der Waals surface area contributed by atoms with Gasteiger partial charge in [0, 0.05) is 17.6 Å². The van der Waals surface area contributed by atoms with Crippen LogP contribution in [-0.4, -0.2) is 20.5 Å². The summed E-state index contributed by atoms with van der Waals surface area (Å²) >= 11 is 4.01. The Hall–Kier alpha value is -2.04. The number of methoxy groups -OCH3 is 1. The van der Waals surface area contributed by atoms with Crippen LogP contribution >= 0.6 is 27.3 Å². The summed E-state index contributed by atoms with van der Waals surface area (Å²) in [7, 11) is -2.81. The number of hydrogen-bond donors (Lipinski definition) is 0. The second kappa shape index (κ2) is 8.14. The first kappa shape index (κ1) is 20.7. The van der Waals surface area contributed by atoms with Gasteiger partial charge in [-0.15, -0.1) is 11.3 Å². The number of anilines is 1. The zero-order valence-electron chi connectivity index (χ0n) is 14.8. The van der Waals surface area contributed by atoms with Gasteiger partial charge < -0.3 is 4.74 Å². The average molecular weight is 489 g/mol. The molecular formula is C18H15BrF2N2O3S2. The molecule has 1 aromatic heterocycles. The van der Waals surface area contributed by atoms with E-state index >= 15 is 0 Å². The highest BCUT2D eigenvalue weighted by Crippen LogP contribution is 2.32. The fraction of sp³-hybridized carbons (Fsp3) is 0.167. The predicted molar refractivity (Wildman–Crippen MR) is 107 cm³/mol. The topological polar surface area (TPSA) is 59.5 Å². The maximum atomic E-state index is 14.3. The van der Waals surface area contributed by atoms with E-state index in [1.807, 2.05) is 6.92 Å². The highest BCUT2D eigenvalue weighted by Gasteiger charge is 2.31. The van der Waals surface area contributed by atoms with Crippen molar-refractivity contribution >= 4 is 42.4 Å². The van der Waals surface area contributed by atoms with Gasteiger partial charge in [-0.3, -0.25) is 0 Å². The molecular weight excluding hydrogens is 474 g/mol. The van der Waals surface area contributed by atoms with Gasteiger partial charge in [0.15, 0.2) is 5.13 Å². The van der Waals surface area contributed by atoms with E-state index in [1.54, 1.807) is 23.6 Å². The van der Waals surface area contributed by atoms with Gasteiger partial charge in [-0.25, -0.2) is 26.5 Å². The predicted octanol–water partition coefficient (Wildman–Crippen LogP) is 4.90. The maximum Gasteiger partial charge on any atom is 0.269 e. The van der Waals surface area contributed by atoms with E-state index in [1.165, 1.54) is 13.3 Å². The number of benzene rings is 2. The summed E-state index contributed by atoms with van der Waals surface area (Å²) in [6.07, 6.45) is 1.46. The number of aromatic nitrogens is 1. The van der Waals surface area contributed by atoms with E-state index in [0.717, 1.165) is 27.3 Å². The van der Waals surface area contributed by atoms with Crippen molar-refractivity contribution in [3.05, 3.63) is 69.1 Å². The summed E-state index contributed by atoms with van der Waals surface area (Å²) < 4.78 is 60.4. The smallest absolute Gasteiger partial charge is 0.269 e. The molecule has 1 heterocycles. The highest BCUT2D eigenvalue weighted by molar-refractivity contribution is 9.10. The number of rotatable bonds is 6. The number of halogens is 3. The van der Waals surface area contributed by atoms with E-state index in [4.69, 9.17) is 4.74 Å². The molecule has 0 unspecified atom stereocenters. The maximum absolute atomic E-state index is 14.3. The van der Waals surface area contributed by atoms with Gasteiger partial charge in [-0.2, -0.15) is 0 Å². The third-order valence-corrected chi connectivity index (χ3v) is 7.31. The van der Waals surface area contributed by atoms with Crippen LogP contribution in [0.4, 0.5) is 13.9 Å². The Morgan fingerprint density at radius 2 is 1.96 bits per heavy atom. The number of ether oxygens (including phenoxy) is 1. The van der Waals surface area contributed by atoms with Gasteiger partial charge in [-0.1, -0.05) is 6.07 Å². The second-order valence-electron chi connectivity index (χ2n) is 5.82. The summed E-state index contributed by atoms with van der Waals surface area (Å²) in [6.45, 7) is 1.75. The van der Waals surface area contributed by atoms with Crippen LogP contribution in [0.2, 0.25) is 0 Å². The number of thiazole rings is 1. The van der Waals surface area contributed by atoms with E-state index in [0.29, 0.717) is 17.4 Å². The molecule has 2 aromatic carbocycles. The Labute approximate surface area is 173 Å². The van der Waals surface area contributed by atoms with Crippen molar-refractivity contribution in [3.8, 4) is 5.75 Å². The monoisotopic (exact) mass is 488 g/mol. The number of aryl methyl sites for hydroxylation is 1. The van der Waals surface area contributed by atoms with Gasteiger partial charge in [0.1, 0.15) is 22.3 Å². The SMILES string of the molecule is COc1ccc(CN(c2nccs2)S(=O)(=O)c2cc(Br)c(F)cc2F)c(C)c1. The van der Waals surface area contributed by atoms with Crippen LogP contribution in [0.5, 0.6) is 5.75 Å². The van der Waals surface area contributed by atoms with Crippen molar-refractivity contribution < 1.29 is 21.9 Å². The van der Waals surface area contributed by atoms with Crippen molar-refractivity contribution in [1.82, 2.24) is 4.98 Å². The minimum absolute atomic E-state index is 0.0693. The van der Waals surface area contributed by atoms with Gasteiger partial charge in [-0.05, 0) is 52.2 Å². The molecule has 0 saturated heterocycles. The van der Waals surface area contributed by atoms with E-state index in [-0.39, 0.29) is 16.1 Å². The van der Waals surface area contributed by atoms with Crippen LogP contribution < -0.4 is 9.04 Å². The summed E-state index contributed by atoms with van der Waals surface area (Å²) in [5.74, 6) is -1.42. The molecule has 0 aliphatic rings. The molecule has 0 atom stereocenters. The first-order valence-electron chi connectivity index (χ1n) is 7.94. The van der Waals surface area contributed by atoms with Gasteiger partial charge in [0.25, 0.3) is 10.0 Å². The summed E-state index contributed by atoms with van der Waals surface area (Å²) in [6, 6.07) is 6.68. The average Bonchev–Trinajstić information content (AvgIpc) is 3.17. The van der Waals surface area contributed by atoms with Crippen molar-refractivity contribution in [3.63, 3.8) is 0 Å². The molecule has 0 aliphatic heterocycles. The van der Waals surface area contributed by atoms with Gasteiger partial charge >= 0.3 is 0 Å².